The molecular weight excluding hydrogens is 378 g/mol. The number of hydrogen-bond donors (Lipinski definition) is 2. The van der Waals surface area contributed by atoms with Gasteiger partial charge in [-0.15, -0.1) is 0 Å². The van der Waals surface area contributed by atoms with E-state index in [1.165, 1.54) is 36.9 Å². The number of rotatable bonds is 7. The fraction of sp³-hybridized carbons (Fsp3) is 0.458. The summed E-state index contributed by atoms with van der Waals surface area (Å²) in [6.07, 6.45) is 7.51. The molecule has 0 saturated heterocycles. The molecule has 154 valence electrons. The highest BCUT2D eigenvalue weighted by Gasteiger charge is 2.24. The molecule has 0 bridgehead atoms. The number of fused-ring (bicyclic) bond motifs is 1. The van der Waals surface area contributed by atoms with Crippen LogP contribution >= 0.6 is 12.2 Å². The third-order valence-corrected chi connectivity index (χ3v) is 6.17. The van der Waals surface area contributed by atoms with E-state index < -0.39 is 0 Å². The number of hydrogen-bond acceptors (Lipinski definition) is 3. The van der Waals surface area contributed by atoms with Crippen molar-refractivity contribution in [1.29, 1.82) is 0 Å². The summed E-state index contributed by atoms with van der Waals surface area (Å²) in [4.78, 5) is 2.51. The maximum absolute atomic E-state index is 6.02. The Balaban J connectivity index is 1.17. The van der Waals surface area contributed by atoms with Crippen molar-refractivity contribution in [2.75, 3.05) is 23.3 Å². The Morgan fingerprint density at radius 3 is 2.66 bits per heavy atom. The molecule has 2 N–H and O–H groups in total. The first-order chi connectivity index (χ1) is 14.2. The Labute approximate surface area is 179 Å². The topological polar surface area (TPSA) is 36.5 Å². The largest absolute Gasteiger partial charge is 0.490 e. The van der Waals surface area contributed by atoms with Crippen LogP contribution in [0.25, 0.3) is 0 Å². The third kappa shape index (κ3) is 5.21. The van der Waals surface area contributed by atoms with Crippen molar-refractivity contribution in [3.8, 4) is 5.75 Å². The summed E-state index contributed by atoms with van der Waals surface area (Å²) in [6, 6.07) is 17.4. The second-order valence-electron chi connectivity index (χ2n) is 8.16. The van der Waals surface area contributed by atoms with E-state index in [0.717, 1.165) is 37.4 Å². The molecule has 1 aliphatic carbocycles. The molecule has 5 heteroatoms. The molecule has 0 aromatic heterocycles. The van der Waals surface area contributed by atoms with E-state index in [-0.39, 0.29) is 0 Å². The summed E-state index contributed by atoms with van der Waals surface area (Å²) >= 11 is 5.45. The van der Waals surface area contributed by atoms with Crippen LogP contribution in [0.15, 0.2) is 48.5 Å². The van der Waals surface area contributed by atoms with E-state index in [2.05, 4.69) is 46.7 Å². The Morgan fingerprint density at radius 1 is 1.10 bits per heavy atom. The molecule has 2 aromatic rings. The molecule has 0 spiro atoms. The molecule has 0 radical (unpaired) electrons. The summed E-state index contributed by atoms with van der Waals surface area (Å²) in [5.41, 5.74) is 3.84. The Morgan fingerprint density at radius 2 is 1.86 bits per heavy atom. The molecular formula is C24H31N3OS. The van der Waals surface area contributed by atoms with Crippen LogP contribution in [0.1, 0.15) is 44.6 Å². The van der Waals surface area contributed by atoms with Gasteiger partial charge in [-0.3, -0.25) is 0 Å². The average Bonchev–Trinajstić information content (AvgIpc) is 3.34. The van der Waals surface area contributed by atoms with Crippen molar-refractivity contribution in [3.05, 3.63) is 54.1 Å². The maximum Gasteiger partial charge on any atom is 0.170 e. The first kappa shape index (κ1) is 20.0. The number of ether oxygens (including phenoxy) is 1. The second kappa shape index (κ2) is 9.49. The lowest BCUT2D eigenvalue weighted by atomic mass is 10.1. The normalized spacial score (nSPS) is 18.5. The zero-order valence-corrected chi connectivity index (χ0v) is 18.0. The van der Waals surface area contributed by atoms with Crippen LogP contribution in [-0.4, -0.2) is 30.3 Å². The molecule has 1 aliphatic heterocycles. The minimum Gasteiger partial charge on any atom is -0.490 e. The minimum absolute atomic E-state index is 0.391. The van der Waals surface area contributed by atoms with Crippen LogP contribution in [0.4, 0.5) is 11.4 Å². The van der Waals surface area contributed by atoms with E-state index >= 15 is 0 Å². The predicted octanol–water partition coefficient (Wildman–Crippen LogP) is 5.14. The van der Waals surface area contributed by atoms with Gasteiger partial charge in [0.1, 0.15) is 5.75 Å². The zero-order valence-electron chi connectivity index (χ0n) is 17.2. The number of thiocarbonyl (C=S) groups is 1. The van der Waals surface area contributed by atoms with Gasteiger partial charge in [0, 0.05) is 30.5 Å². The van der Waals surface area contributed by atoms with Gasteiger partial charge in [0.15, 0.2) is 5.11 Å². The van der Waals surface area contributed by atoms with Gasteiger partial charge in [0.25, 0.3) is 0 Å². The molecule has 29 heavy (non-hydrogen) atoms. The fourth-order valence-electron chi connectivity index (χ4n) is 4.41. The van der Waals surface area contributed by atoms with E-state index in [0.29, 0.717) is 17.3 Å². The van der Waals surface area contributed by atoms with Crippen LogP contribution in [0, 0.1) is 0 Å². The second-order valence-corrected chi connectivity index (χ2v) is 8.57. The molecule has 1 heterocycles. The lowest BCUT2D eigenvalue weighted by Gasteiger charge is -2.25. The van der Waals surface area contributed by atoms with Crippen LogP contribution in [0.5, 0.6) is 5.75 Å². The van der Waals surface area contributed by atoms with Gasteiger partial charge in [-0.2, -0.15) is 0 Å². The lowest BCUT2D eigenvalue weighted by molar-refractivity contribution is 0.210. The van der Waals surface area contributed by atoms with Crippen LogP contribution in [-0.2, 0) is 6.42 Å². The highest BCUT2D eigenvalue weighted by atomic mass is 32.1. The van der Waals surface area contributed by atoms with Crippen LogP contribution in [0.2, 0.25) is 0 Å². The Hall–Kier alpha value is -2.27. The van der Waals surface area contributed by atoms with Gasteiger partial charge in [0.05, 0.1) is 6.10 Å². The third-order valence-electron chi connectivity index (χ3n) is 5.93. The molecule has 0 amide bonds. The van der Waals surface area contributed by atoms with Gasteiger partial charge in [0.2, 0.25) is 0 Å². The highest BCUT2D eigenvalue weighted by molar-refractivity contribution is 7.80. The molecule has 1 unspecified atom stereocenters. The highest BCUT2D eigenvalue weighted by Crippen LogP contribution is 2.31. The van der Waals surface area contributed by atoms with Crippen molar-refractivity contribution in [2.24, 2.45) is 0 Å². The van der Waals surface area contributed by atoms with Crippen molar-refractivity contribution in [3.63, 3.8) is 0 Å². The fourth-order valence-corrected chi connectivity index (χ4v) is 4.63. The quantitative estimate of drug-likeness (QED) is 0.489. The molecule has 1 fully saturated rings. The van der Waals surface area contributed by atoms with Crippen molar-refractivity contribution in [1.82, 2.24) is 5.32 Å². The van der Waals surface area contributed by atoms with Gasteiger partial charge >= 0.3 is 0 Å². The standard InChI is InChI=1S/C24H31N3OS/c1-18-17-19-7-2-5-10-23(19)27(18)16-6-15-25-24(29)26-20-11-13-22(14-12-20)28-21-8-3-4-9-21/h2,5,7,10-14,18,21H,3-4,6,8-9,15-17H2,1H3,(H2,25,26,29). The summed E-state index contributed by atoms with van der Waals surface area (Å²) in [7, 11) is 0. The lowest BCUT2D eigenvalue weighted by Crippen LogP contribution is -2.34. The van der Waals surface area contributed by atoms with Crippen molar-refractivity contribution < 1.29 is 4.74 Å². The molecule has 2 aliphatic rings. The summed E-state index contributed by atoms with van der Waals surface area (Å²) in [6.45, 7) is 4.21. The van der Waals surface area contributed by atoms with E-state index in [4.69, 9.17) is 17.0 Å². The summed E-state index contributed by atoms with van der Waals surface area (Å²) < 4.78 is 6.02. The van der Waals surface area contributed by atoms with Gasteiger partial charge < -0.3 is 20.3 Å². The molecule has 1 atom stereocenters. The monoisotopic (exact) mass is 409 g/mol. The van der Waals surface area contributed by atoms with Crippen LogP contribution in [0.3, 0.4) is 0 Å². The van der Waals surface area contributed by atoms with Gasteiger partial charge in [-0.1, -0.05) is 18.2 Å². The number of nitrogens with zero attached hydrogens (tertiary/aromatic N) is 1. The van der Waals surface area contributed by atoms with Gasteiger partial charge in [-0.05, 0) is 93.6 Å². The molecule has 1 saturated carbocycles. The maximum atomic E-state index is 6.02. The summed E-state index contributed by atoms with van der Waals surface area (Å²) in [5.74, 6) is 0.946. The van der Waals surface area contributed by atoms with E-state index in [1.807, 2.05) is 24.3 Å². The summed E-state index contributed by atoms with van der Waals surface area (Å²) in [5, 5.41) is 7.27. The number of benzene rings is 2. The SMILES string of the molecule is CC1Cc2ccccc2N1CCCNC(=S)Nc1ccc(OC2CCCC2)cc1. The number of anilines is 2. The van der Waals surface area contributed by atoms with E-state index in [9.17, 15) is 0 Å². The molecule has 2 aromatic carbocycles. The smallest absolute Gasteiger partial charge is 0.170 e. The predicted molar refractivity (Wildman–Crippen MR) is 125 cm³/mol. The first-order valence-corrected chi connectivity index (χ1v) is 11.3. The first-order valence-electron chi connectivity index (χ1n) is 10.8. The Bertz CT molecular complexity index is 817. The average molecular weight is 410 g/mol. The number of nitrogens with one attached hydrogen (secondary N) is 2. The van der Waals surface area contributed by atoms with Crippen molar-refractivity contribution in [2.45, 2.75) is 57.6 Å². The minimum atomic E-state index is 0.391. The zero-order chi connectivity index (χ0) is 20.1. The number of para-hydroxylation sites is 1. The molecule has 4 nitrogen and oxygen atoms in total. The van der Waals surface area contributed by atoms with Crippen molar-refractivity contribution >= 4 is 28.7 Å². The van der Waals surface area contributed by atoms with E-state index in [1.54, 1.807) is 0 Å². The van der Waals surface area contributed by atoms with Gasteiger partial charge in [-0.25, -0.2) is 0 Å². The van der Waals surface area contributed by atoms with Crippen LogP contribution < -0.4 is 20.3 Å². The molecule has 4 rings (SSSR count). The Kier molecular flexibility index (Phi) is 6.55.